The lowest BCUT2D eigenvalue weighted by atomic mass is 9.75. The second-order valence-electron chi connectivity index (χ2n) is 12.0. The van der Waals surface area contributed by atoms with Gasteiger partial charge in [0.25, 0.3) is 0 Å². The van der Waals surface area contributed by atoms with Gasteiger partial charge < -0.3 is 32.1 Å². The molecule has 2 aliphatic carbocycles. The van der Waals surface area contributed by atoms with Crippen LogP contribution in [0.4, 0.5) is 5.69 Å². The lowest BCUT2D eigenvalue weighted by molar-refractivity contribution is -0.137. The smallest absolute Gasteiger partial charge is 0.237 e. The molecule has 1 saturated carbocycles. The first-order chi connectivity index (χ1) is 18.0. The van der Waals surface area contributed by atoms with Crippen molar-refractivity contribution in [2.75, 3.05) is 5.73 Å². The normalized spacial score (nSPS) is 25.9. The van der Waals surface area contributed by atoms with Crippen molar-refractivity contribution in [2.24, 2.45) is 29.4 Å². The van der Waals surface area contributed by atoms with Crippen molar-refractivity contribution in [3.05, 3.63) is 29.3 Å². The van der Waals surface area contributed by atoms with Crippen molar-refractivity contribution in [1.82, 2.24) is 5.32 Å². The molecule has 0 aromatic heterocycles. The van der Waals surface area contributed by atoms with E-state index in [9.17, 15) is 24.9 Å². The number of benzene rings is 1. The van der Waals surface area contributed by atoms with E-state index in [1.54, 1.807) is 18.2 Å². The average Bonchev–Trinajstić information content (AvgIpc) is 3.18. The van der Waals surface area contributed by atoms with Gasteiger partial charge in [0.05, 0.1) is 36.3 Å². The number of amides is 1. The third-order valence-corrected chi connectivity index (χ3v) is 9.07. The maximum absolute atomic E-state index is 14.1. The molecule has 8 N–H and O–H groups in total. The Hall–Kier alpha value is -2.00. The van der Waals surface area contributed by atoms with Crippen LogP contribution in [0.5, 0.6) is 0 Å². The Morgan fingerprint density at radius 3 is 2.37 bits per heavy atom. The van der Waals surface area contributed by atoms with E-state index < -0.39 is 48.1 Å². The lowest BCUT2D eigenvalue weighted by Crippen LogP contribution is -2.48. The number of nitrogen functional groups attached to an aromatic ring is 1. The summed E-state index contributed by atoms with van der Waals surface area (Å²) < 4.78 is 0. The van der Waals surface area contributed by atoms with Gasteiger partial charge in [-0.3, -0.25) is 9.59 Å². The van der Waals surface area contributed by atoms with Crippen LogP contribution < -0.4 is 16.8 Å². The van der Waals surface area contributed by atoms with E-state index in [4.69, 9.17) is 11.5 Å². The number of Topliss-reactive ketones (excluding diaryl/α,β-unsaturated/α-hetero) is 1. The molecule has 1 amide bonds. The minimum atomic E-state index is -1.27. The molecule has 8 heteroatoms. The molecule has 2 aliphatic rings. The number of carbonyl (C=O) groups is 2. The largest absolute Gasteiger partial charge is 0.398 e. The number of ketones is 1. The highest BCUT2D eigenvalue weighted by Crippen LogP contribution is 2.46. The number of fused-ring (bicyclic) bond motifs is 1. The van der Waals surface area contributed by atoms with E-state index in [0.717, 1.165) is 25.7 Å². The van der Waals surface area contributed by atoms with Gasteiger partial charge in [-0.05, 0) is 47.8 Å². The highest BCUT2D eigenvalue weighted by molar-refractivity contribution is 5.93. The summed E-state index contributed by atoms with van der Waals surface area (Å²) in [5.41, 5.74) is 13.8. The number of aliphatic hydroxyl groups excluding tert-OH is 3. The zero-order valence-corrected chi connectivity index (χ0v) is 23.5. The third-order valence-electron chi connectivity index (χ3n) is 9.07. The summed E-state index contributed by atoms with van der Waals surface area (Å²) in [4.78, 5) is 27.0. The second kappa shape index (κ2) is 13.4. The number of hydrogen-bond donors (Lipinski definition) is 6. The fraction of sp³-hybridized carbons (Fsp3) is 0.733. The SMILES string of the molecule is CC[C@H](C)[C@H](N)C(=O)N[C@H]1c2cccc(N)c2[C@@H](C(=O)C(C(C)C)C(O)[C@H](O)CCC2CCCCC2)[C@H]1O. The molecule has 1 fully saturated rings. The fourth-order valence-electron chi connectivity index (χ4n) is 6.41. The van der Waals surface area contributed by atoms with Crippen LogP contribution in [0.25, 0.3) is 0 Å². The van der Waals surface area contributed by atoms with E-state index >= 15 is 0 Å². The molecule has 3 rings (SSSR count). The molecule has 0 saturated heterocycles. The second-order valence-corrected chi connectivity index (χ2v) is 12.0. The summed E-state index contributed by atoms with van der Waals surface area (Å²) in [6.07, 6.45) is 4.36. The zero-order valence-electron chi connectivity index (χ0n) is 23.5. The molecule has 0 bridgehead atoms. The van der Waals surface area contributed by atoms with Crippen molar-refractivity contribution in [1.29, 1.82) is 0 Å². The van der Waals surface area contributed by atoms with Gasteiger partial charge in [-0.25, -0.2) is 0 Å². The highest BCUT2D eigenvalue weighted by atomic mass is 16.3. The molecule has 8 atom stereocenters. The number of rotatable bonds is 12. The summed E-state index contributed by atoms with van der Waals surface area (Å²) >= 11 is 0. The van der Waals surface area contributed by atoms with E-state index in [1.165, 1.54) is 19.3 Å². The fourth-order valence-corrected chi connectivity index (χ4v) is 6.41. The summed E-state index contributed by atoms with van der Waals surface area (Å²) in [7, 11) is 0. The lowest BCUT2D eigenvalue weighted by Gasteiger charge is -2.33. The van der Waals surface area contributed by atoms with Gasteiger partial charge in [-0.15, -0.1) is 0 Å². The number of nitrogens with one attached hydrogen (secondary N) is 1. The molecule has 38 heavy (non-hydrogen) atoms. The average molecular weight is 532 g/mol. The zero-order chi connectivity index (χ0) is 28.1. The van der Waals surface area contributed by atoms with Crippen LogP contribution in [0.15, 0.2) is 18.2 Å². The standard InChI is InChI=1S/C30H49N3O5/c1-5-17(4)25(32)30(38)33-26-19-12-9-13-20(31)23(19)24(29(26)37)28(36)22(16(2)3)27(35)21(34)15-14-18-10-7-6-8-11-18/h9,12-13,16-18,21-22,24-27,29,34-35,37H,5-8,10-11,14-15,31-32H2,1-4H3,(H,33,38)/t17-,21+,22?,24-,25-,26-,27?,29+/m0/s1. The van der Waals surface area contributed by atoms with Crippen molar-refractivity contribution in [3.8, 4) is 0 Å². The third kappa shape index (κ3) is 6.58. The predicted octanol–water partition coefficient (Wildman–Crippen LogP) is 3.18. The van der Waals surface area contributed by atoms with E-state index in [0.29, 0.717) is 29.2 Å². The number of hydrogen-bond acceptors (Lipinski definition) is 7. The molecule has 0 heterocycles. The Kier molecular flexibility index (Phi) is 10.7. The molecule has 8 nitrogen and oxygen atoms in total. The Balaban J connectivity index is 1.83. The molecule has 2 unspecified atom stereocenters. The van der Waals surface area contributed by atoms with Gasteiger partial charge in [0, 0.05) is 11.6 Å². The van der Waals surface area contributed by atoms with Crippen molar-refractivity contribution < 1.29 is 24.9 Å². The predicted molar refractivity (Wildman–Crippen MR) is 149 cm³/mol. The molecular formula is C30H49N3O5. The van der Waals surface area contributed by atoms with Gasteiger partial charge in [0.15, 0.2) is 0 Å². The van der Waals surface area contributed by atoms with Crippen molar-refractivity contribution in [2.45, 2.75) is 115 Å². The maximum atomic E-state index is 14.1. The molecule has 1 aromatic carbocycles. The summed E-state index contributed by atoms with van der Waals surface area (Å²) in [5, 5.41) is 36.4. The van der Waals surface area contributed by atoms with E-state index in [-0.39, 0.29) is 17.6 Å². The van der Waals surface area contributed by atoms with E-state index in [1.807, 2.05) is 27.7 Å². The molecule has 0 spiro atoms. The van der Waals surface area contributed by atoms with Crippen LogP contribution in [0, 0.1) is 23.7 Å². The molecule has 0 aliphatic heterocycles. The number of aliphatic hydroxyl groups is 3. The molecule has 1 aromatic rings. The Bertz CT molecular complexity index is 948. The summed E-state index contributed by atoms with van der Waals surface area (Å²) in [6, 6.07) is 3.54. The molecule has 0 radical (unpaired) electrons. The van der Waals surface area contributed by atoms with Gasteiger partial charge in [-0.2, -0.15) is 0 Å². The first-order valence-corrected chi connectivity index (χ1v) is 14.5. The summed E-state index contributed by atoms with van der Waals surface area (Å²) in [5.74, 6) is -2.50. The monoisotopic (exact) mass is 531 g/mol. The van der Waals surface area contributed by atoms with Crippen LogP contribution >= 0.6 is 0 Å². The van der Waals surface area contributed by atoms with E-state index in [2.05, 4.69) is 5.32 Å². The molecular weight excluding hydrogens is 482 g/mol. The first-order valence-electron chi connectivity index (χ1n) is 14.5. The van der Waals surface area contributed by atoms with Crippen LogP contribution in [0.1, 0.15) is 102 Å². The van der Waals surface area contributed by atoms with Gasteiger partial charge in [-0.1, -0.05) is 78.4 Å². The van der Waals surface area contributed by atoms with Crippen molar-refractivity contribution >= 4 is 17.4 Å². The highest BCUT2D eigenvalue weighted by Gasteiger charge is 2.49. The topological polar surface area (TPSA) is 159 Å². The molecule has 214 valence electrons. The van der Waals surface area contributed by atoms with Gasteiger partial charge in [0.2, 0.25) is 5.91 Å². The minimum Gasteiger partial charge on any atom is -0.398 e. The van der Waals surface area contributed by atoms with Gasteiger partial charge >= 0.3 is 0 Å². The Morgan fingerprint density at radius 2 is 1.76 bits per heavy atom. The van der Waals surface area contributed by atoms with Crippen LogP contribution in [-0.2, 0) is 9.59 Å². The summed E-state index contributed by atoms with van der Waals surface area (Å²) in [6.45, 7) is 7.51. The maximum Gasteiger partial charge on any atom is 0.237 e. The quantitative estimate of drug-likeness (QED) is 0.226. The minimum absolute atomic E-state index is 0.0538. The Labute approximate surface area is 227 Å². The van der Waals surface area contributed by atoms with Crippen LogP contribution in [0.2, 0.25) is 0 Å². The van der Waals surface area contributed by atoms with Crippen molar-refractivity contribution in [3.63, 3.8) is 0 Å². The first kappa shape index (κ1) is 30.5. The van der Waals surface area contributed by atoms with Crippen LogP contribution in [-0.4, -0.2) is 51.4 Å². The van der Waals surface area contributed by atoms with Crippen LogP contribution in [0.3, 0.4) is 0 Å². The Morgan fingerprint density at radius 1 is 1.11 bits per heavy atom. The number of carbonyl (C=O) groups excluding carboxylic acids is 2. The number of nitrogens with two attached hydrogens (primary N) is 2. The number of anilines is 1. The van der Waals surface area contributed by atoms with Gasteiger partial charge in [0.1, 0.15) is 5.78 Å².